The van der Waals surface area contributed by atoms with Crippen molar-refractivity contribution in [1.29, 1.82) is 0 Å². The number of phenolic OH excluding ortho intramolecular Hbond substituents is 1. The monoisotopic (exact) mass is 231 g/mol. The summed E-state index contributed by atoms with van der Waals surface area (Å²) in [4.78, 5) is 13.7. The lowest BCUT2D eigenvalue weighted by Gasteiger charge is -2.11. The van der Waals surface area contributed by atoms with Crippen molar-refractivity contribution in [1.82, 2.24) is 4.90 Å². The van der Waals surface area contributed by atoms with Gasteiger partial charge in [-0.25, -0.2) is 0 Å². The van der Waals surface area contributed by atoms with Gasteiger partial charge < -0.3 is 14.4 Å². The minimum atomic E-state index is -0.0758. The van der Waals surface area contributed by atoms with Gasteiger partial charge in [0.05, 0.1) is 0 Å². The Hall–Kier alpha value is -1.97. The predicted molar refractivity (Wildman–Crippen MR) is 63.2 cm³/mol. The van der Waals surface area contributed by atoms with Crippen LogP contribution in [0.25, 0.3) is 11.0 Å². The molecule has 0 radical (unpaired) electrons. The van der Waals surface area contributed by atoms with Gasteiger partial charge in [-0.3, -0.25) is 4.79 Å². The third-order valence-electron chi connectivity index (χ3n) is 3.24. The van der Waals surface area contributed by atoms with Gasteiger partial charge in [0.25, 0.3) is 5.91 Å². The Morgan fingerprint density at radius 1 is 1.41 bits per heavy atom. The largest absolute Gasteiger partial charge is 0.508 e. The second kappa shape index (κ2) is 3.52. The van der Waals surface area contributed by atoms with E-state index in [1.807, 2.05) is 0 Å². The molecule has 1 aliphatic heterocycles. The van der Waals surface area contributed by atoms with Crippen LogP contribution >= 0.6 is 0 Å². The number of aromatic hydroxyl groups is 1. The Labute approximate surface area is 98.4 Å². The molecule has 0 atom stereocenters. The highest BCUT2D eigenvalue weighted by atomic mass is 16.3. The molecule has 0 unspecified atom stereocenters. The van der Waals surface area contributed by atoms with Crippen molar-refractivity contribution in [3.63, 3.8) is 0 Å². The molecule has 1 aromatic heterocycles. The fourth-order valence-electron chi connectivity index (χ4n) is 2.33. The zero-order valence-corrected chi connectivity index (χ0v) is 9.56. The van der Waals surface area contributed by atoms with E-state index in [1.165, 1.54) is 0 Å². The fourth-order valence-corrected chi connectivity index (χ4v) is 2.33. The molecule has 3 rings (SSSR count). The van der Waals surface area contributed by atoms with Gasteiger partial charge in [-0.05, 0) is 31.0 Å². The van der Waals surface area contributed by atoms with E-state index in [1.54, 1.807) is 30.1 Å². The summed E-state index contributed by atoms with van der Waals surface area (Å²) in [7, 11) is 1.78. The van der Waals surface area contributed by atoms with Crippen LogP contribution in [0.5, 0.6) is 5.75 Å². The topological polar surface area (TPSA) is 53.7 Å². The highest BCUT2D eigenvalue weighted by Crippen LogP contribution is 2.31. The lowest BCUT2D eigenvalue weighted by atomic mass is 10.1. The maximum absolute atomic E-state index is 12.1. The van der Waals surface area contributed by atoms with E-state index in [0.717, 1.165) is 30.3 Å². The molecule has 0 saturated heterocycles. The van der Waals surface area contributed by atoms with E-state index in [-0.39, 0.29) is 11.7 Å². The normalized spacial score (nSPS) is 16.1. The Morgan fingerprint density at radius 3 is 3.06 bits per heavy atom. The number of rotatable bonds is 0. The van der Waals surface area contributed by atoms with Gasteiger partial charge in [-0.1, -0.05) is 0 Å². The molecular formula is C13H13NO3. The van der Waals surface area contributed by atoms with E-state index in [4.69, 9.17) is 4.42 Å². The van der Waals surface area contributed by atoms with Gasteiger partial charge in [0.1, 0.15) is 11.3 Å². The molecule has 0 bridgehead atoms. The number of aryl methyl sites for hydroxylation is 1. The standard InChI is InChI=1S/C13H13NO3/c1-14-6-2-3-9-10-7-8(15)4-5-11(10)17-12(9)13(14)16/h4-5,7,15H,2-3,6H2,1H3. The predicted octanol–water partition coefficient (Wildman–Crippen LogP) is 2.16. The number of fused-ring (bicyclic) bond motifs is 3. The minimum absolute atomic E-state index is 0.0758. The molecule has 1 aromatic carbocycles. The first-order valence-corrected chi connectivity index (χ1v) is 5.66. The molecule has 0 aliphatic carbocycles. The van der Waals surface area contributed by atoms with E-state index in [9.17, 15) is 9.90 Å². The molecule has 2 aromatic rings. The van der Waals surface area contributed by atoms with Crippen LogP contribution in [-0.2, 0) is 6.42 Å². The zero-order valence-electron chi connectivity index (χ0n) is 9.56. The average Bonchev–Trinajstić information content (AvgIpc) is 2.60. The number of hydrogen-bond donors (Lipinski definition) is 1. The lowest BCUT2D eigenvalue weighted by Crippen LogP contribution is -2.25. The van der Waals surface area contributed by atoms with Crippen LogP contribution in [0.4, 0.5) is 0 Å². The van der Waals surface area contributed by atoms with Crippen molar-refractivity contribution in [3.05, 3.63) is 29.5 Å². The highest BCUT2D eigenvalue weighted by Gasteiger charge is 2.25. The number of carbonyl (C=O) groups is 1. The summed E-state index contributed by atoms with van der Waals surface area (Å²) >= 11 is 0. The Bertz CT molecular complexity index is 600. The summed E-state index contributed by atoms with van der Waals surface area (Å²) in [6.45, 7) is 0.739. The van der Waals surface area contributed by atoms with Crippen LogP contribution in [-0.4, -0.2) is 29.5 Å². The summed E-state index contributed by atoms with van der Waals surface area (Å²) in [5.41, 5.74) is 1.58. The fraction of sp³-hybridized carbons (Fsp3) is 0.308. The van der Waals surface area contributed by atoms with Crippen molar-refractivity contribution in [2.75, 3.05) is 13.6 Å². The smallest absolute Gasteiger partial charge is 0.289 e. The van der Waals surface area contributed by atoms with Crippen LogP contribution in [0, 0.1) is 0 Å². The Balaban J connectivity index is 2.27. The van der Waals surface area contributed by atoms with E-state index >= 15 is 0 Å². The number of nitrogens with zero attached hydrogens (tertiary/aromatic N) is 1. The van der Waals surface area contributed by atoms with Crippen molar-refractivity contribution in [2.24, 2.45) is 0 Å². The maximum Gasteiger partial charge on any atom is 0.289 e. The number of carbonyl (C=O) groups excluding carboxylic acids is 1. The summed E-state index contributed by atoms with van der Waals surface area (Å²) < 4.78 is 5.61. The minimum Gasteiger partial charge on any atom is -0.508 e. The summed E-state index contributed by atoms with van der Waals surface area (Å²) in [5, 5.41) is 10.4. The second-order valence-electron chi connectivity index (χ2n) is 4.42. The summed E-state index contributed by atoms with van der Waals surface area (Å²) in [6.07, 6.45) is 1.72. The third kappa shape index (κ3) is 1.48. The first kappa shape index (κ1) is 10.2. The molecule has 1 aliphatic rings. The first-order valence-electron chi connectivity index (χ1n) is 5.66. The van der Waals surface area contributed by atoms with Gasteiger partial charge in [0.2, 0.25) is 0 Å². The van der Waals surface area contributed by atoms with Gasteiger partial charge in [0.15, 0.2) is 5.76 Å². The molecule has 2 heterocycles. The van der Waals surface area contributed by atoms with Crippen LogP contribution in [0.2, 0.25) is 0 Å². The molecule has 4 heteroatoms. The molecule has 17 heavy (non-hydrogen) atoms. The number of furan rings is 1. The average molecular weight is 231 g/mol. The second-order valence-corrected chi connectivity index (χ2v) is 4.42. The van der Waals surface area contributed by atoms with Crippen molar-refractivity contribution in [2.45, 2.75) is 12.8 Å². The molecule has 1 amide bonds. The summed E-state index contributed by atoms with van der Waals surface area (Å²) in [6, 6.07) is 4.93. The van der Waals surface area contributed by atoms with Crippen LogP contribution in [0.3, 0.4) is 0 Å². The third-order valence-corrected chi connectivity index (χ3v) is 3.24. The number of amides is 1. The van der Waals surface area contributed by atoms with Gasteiger partial charge in [0, 0.05) is 24.5 Å². The van der Waals surface area contributed by atoms with Gasteiger partial charge >= 0.3 is 0 Å². The van der Waals surface area contributed by atoms with Crippen LogP contribution in [0.15, 0.2) is 22.6 Å². The van der Waals surface area contributed by atoms with Crippen molar-refractivity contribution in [3.8, 4) is 5.75 Å². The first-order chi connectivity index (χ1) is 8.16. The SMILES string of the molecule is CN1CCCc2c(oc3ccc(O)cc23)C1=O. The van der Waals surface area contributed by atoms with Crippen LogP contribution in [0.1, 0.15) is 22.5 Å². The maximum atomic E-state index is 12.1. The quantitative estimate of drug-likeness (QED) is 0.755. The number of benzene rings is 1. The molecule has 0 spiro atoms. The zero-order chi connectivity index (χ0) is 12.0. The van der Waals surface area contributed by atoms with Gasteiger partial charge in [-0.2, -0.15) is 0 Å². The molecule has 1 N–H and O–H groups in total. The summed E-state index contributed by atoms with van der Waals surface area (Å²) in [5.74, 6) is 0.546. The van der Waals surface area contributed by atoms with Crippen molar-refractivity contribution < 1.29 is 14.3 Å². The van der Waals surface area contributed by atoms with E-state index in [2.05, 4.69) is 0 Å². The van der Waals surface area contributed by atoms with Crippen molar-refractivity contribution >= 4 is 16.9 Å². The molecule has 4 nitrogen and oxygen atoms in total. The molecule has 0 fully saturated rings. The molecule has 88 valence electrons. The molecular weight excluding hydrogens is 218 g/mol. The van der Waals surface area contributed by atoms with Crippen LogP contribution < -0.4 is 0 Å². The number of hydrogen-bond acceptors (Lipinski definition) is 3. The lowest BCUT2D eigenvalue weighted by molar-refractivity contribution is 0.0772. The molecule has 0 saturated carbocycles. The highest BCUT2D eigenvalue weighted by molar-refractivity contribution is 5.99. The van der Waals surface area contributed by atoms with Gasteiger partial charge in [-0.15, -0.1) is 0 Å². The Morgan fingerprint density at radius 2 is 2.24 bits per heavy atom. The Kier molecular flexibility index (Phi) is 2.11. The number of phenols is 1. The van der Waals surface area contributed by atoms with E-state index < -0.39 is 0 Å². The van der Waals surface area contributed by atoms with E-state index in [0.29, 0.717) is 11.3 Å².